The van der Waals surface area contributed by atoms with Crippen LogP contribution < -0.4 is 0 Å². The summed E-state index contributed by atoms with van der Waals surface area (Å²) in [5, 5.41) is 11.3. The van der Waals surface area contributed by atoms with Crippen molar-refractivity contribution in [2.75, 3.05) is 20.8 Å². The Hall–Kier alpha value is -2.33. The highest BCUT2D eigenvalue weighted by atomic mass is 28.4. The number of nitrogens with zero attached hydrogens (tertiary/aromatic N) is 1. The van der Waals surface area contributed by atoms with Gasteiger partial charge in [0, 0.05) is 4.92 Å². The van der Waals surface area contributed by atoms with Gasteiger partial charge < -0.3 is 13.9 Å². The fourth-order valence-electron chi connectivity index (χ4n) is 3.77. The maximum atomic E-state index is 15.3. The first-order valence-corrected chi connectivity index (χ1v) is 13.4. The van der Waals surface area contributed by atoms with Gasteiger partial charge in [0.15, 0.2) is 14.2 Å². The van der Waals surface area contributed by atoms with E-state index in [9.17, 15) is 19.7 Å². The molecule has 2 unspecified atom stereocenters. The third-order valence-electron chi connectivity index (χ3n) is 6.58. The standard InChI is InChI=1S/C22H32FNO7Si/c1-22(2,3)32(6,7)31-18-9-8-13-10-15(17(23)11-14(13)18)16(12-24(27)28)19(20(25)29-4)21(26)30-5/h10-11,16,18-19H,8-9,12H2,1-7H3. The topological polar surface area (TPSA) is 105 Å². The molecular formula is C22H32FNO7Si. The Morgan fingerprint density at radius 2 is 1.78 bits per heavy atom. The molecule has 1 aliphatic rings. The number of hydrogen-bond donors (Lipinski definition) is 0. The Morgan fingerprint density at radius 3 is 2.25 bits per heavy atom. The Kier molecular flexibility index (Phi) is 7.82. The van der Waals surface area contributed by atoms with E-state index in [1.807, 2.05) is 0 Å². The molecule has 0 aromatic heterocycles. The van der Waals surface area contributed by atoms with E-state index in [-0.39, 0.29) is 16.7 Å². The van der Waals surface area contributed by atoms with Gasteiger partial charge in [-0.25, -0.2) is 4.39 Å². The maximum absolute atomic E-state index is 15.3. The zero-order chi connectivity index (χ0) is 24.4. The van der Waals surface area contributed by atoms with Crippen LogP contribution in [0.4, 0.5) is 4.39 Å². The molecule has 0 fully saturated rings. The molecule has 0 N–H and O–H groups in total. The third-order valence-corrected chi connectivity index (χ3v) is 11.1. The van der Waals surface area contributed by atoms with Crippen LogP contribution in [-0.4, -0.2) is 45.9 Å². The molecular weight excluding hydrogens is 437 g/mol. The predicted molar refractivity (Wildman–Crippen MR) is 118 cm³/mol. The van der Waals surface area contributed by atoms with Crippen LogP contribution in [0.2, 0.25) is 18.1 Å². The van der Waals surface area contributed by atoms with Crippen LogP contribution in [0, 0.1) is 21.8 Å². The number of nitro groups is 1. The Morgan fingerprint density at radius 1 is 1.22 bits per heavy atom. The van der Waals surface area contributed by atoms with Gasteiger partial charge in [-0.15, -0.1) is 0 Å². The van der Waals surface area contributed by atoms with Gasteiger partial charge in [-0.2, -0.15) is 0 Å². The number of fused-ring (bicyclic) bond motifs is 1. The van der Waals surface area contributed by atoms with E-state index in [0.717, 1.165) is 19.8 Å². The van der Waals surface area contributed by atoms with Crippen molar-refractivity contribution in [2.24, 2.45) is 5.92 Å². The summed E-state index contributed by atoms with van der Waals surface area (Å²) in [7, 11) is 0.0130. The highest BCUT2D eigenvalue weighted by Gasteiger charge is 2.44. The molecule has 2 atom stereocenters. The molecule has 1 aromatic rings. The lowest BCUT2D eigenvalue weighted by Crippen LogP contribution is -2.41. The van der Waals surface area contributed by atoms with Crippen molar-refractivity contribution >= 4 is 20.3 Å². The number of benzene rings is 1. The van der Waals surface area contributed by atoms with Crippen molar-refractivity contribution in [1.29, 1.82) is 0 Å². The van der Waals surface area contributed by atoms with Gasteiger partial charge in [0.25, 0.3) is 0 Å². The summed E-state index contributed by atoms with van der Waals surface area (Å²) in [6.45, 7) is 9.80. The predicted octanol–water partition coefficient (Wildman–Crippen LogP) is 4.16. The van der Waals surface area contributed by atoms with E-state index in [2.05, 4.69) is 43.3 Å². The number of hydrogen-bond acceptors (Lipinski definition) is 7. The third kappa shape index (κ3) is 5.35. The average molecular weight is 470 g/mol. The number of ether oxygens (including phenoxy) is 2. The van der Waals surface area contributed by atoms with Gasteiger partial charge in [0.2, 0.25) is 6.54 Å². The van der Waals surface area contributed by atoms with Crippen LogP contribution in [0.25, 0.3) is 0 Å². The minimum atomic E-state index is -2.10. The SMILES string of the molecule is COC(=O)C(C(=O)OC)C(C[N+](=O)[O-])c1cc2c(cc1F)C(O[Si](C)(C)C(C)(C)C)CC2. The first kappa shape index (κ1) is 25.9. The molecule has 0 saturated carbocycles. The van der Waals surface area contributed by atoms with Crippen LogP contribution >= 0.6 is 0 Å². The monoisotopic (exact) mass is 469 g/mol. The molecule has 178 valence electrons. The van der Waals surface area contributed by atoms with Crippen molar-refractivity contribution in [3.05, 3.63) is 44.8 Å². The molecule has 0 saturated heterocycles. The second-order valence-corrected chi connectivity index (χ2v) is 14.4. The highest BCUT2D eigenvalue weighted by molar-refractivity contribution is 6.74. The lowest BCUT2D eigenvalue weighted by molar-refractivity contribution is -0.484. The summed E-state index contributed by atoms with van der Waals surface area (Å²) < 4.78 is 31.1. The zero-order valence-corrected chi connectivity index (χ0v) is 20.7. The van der Waals surface area contributed by atoms with Gasteiger partial charge in [0.05, 0.1) is 26.2 Å². The largest absolute Gasteiger partial charge is 0.468 e. The summed E-state index contributed by atoms with van der Waals surface area (Å²) >= 11 is 0. The van der Waals surface area contributed by atoms with Crippen LogP contribution in [0.1, 0.15) is 55.9 Å². The minimum absolute atomic E-state index is 0.0146. The smallest absolute Gasteiger partial charge is 0.320 e. The van der Waals surface area contributed by atoms with E-state index >= 15 is 4.39 Å². The molecule has 0 heterocycles. The number of rotatable bonds is 8. The molecule has 1 aliphatic carbocycles. The Labute approximate surface area is 188 Å². The molecule has 1 aromatic carbocycles. The first-order valence-electron chi connectivity index (χ1n) is 10.5. The number of carbonyl (C=O) groups excluding carboxylic acids is 2. The molecule has 10 heteroatoms. The number of carbonyl (C=O) groups is 2. The Bertz CT molecular complexity index is 881. The number of aryl methyl sites for hydroxylation is 1. The van der Waals surface area contributed by atoms with Gasteiger partial charge in [0.1, 0.15) is 5.82 Å². The highest BCUT2D eigenvalue weighted by Crippen LogP contribution is 2.45. The minimum Gasteiger partial charge on any atom is -0.468 e. The molecule has 0 radical (unpaired) electrons. The van der Waals surface area contributed by atoms with Crippen LogP contribution in [-0.2, 0) is 29.9 Å². The first-order chi connectivity index (χ1) is 14.7. The second-order valence-electron chi connectivity index (χ2n) is 9.62. The van der Waals surface area contributed by atoms with Gasteiger partial charge >= 0.3 is 11.9 Å². The number of methoxy groups -OCH3 is 2. The molecule has 0 amide bonds. The van der Waals surface area contributed by atoms with Crippen LogP contribution in [0.5, 0.6) is 0 Å². The zero-order valence-electron chi connectivity index (χ0n) is 19.7. The van der Waals surface area contributed by atoms with Gasteiger partial charge in [-0.05, 0) is 53.7 Å². The van der Waals surface area contributed by atoms with E-state index < -0.39 is 49.4 Å². The maximum Gasteiger partial charge on any atom is 0.320 e. The fraction of sp³-hybridized carbons (Fsp3) is 0.636. The molecule has 8 nitrogen and oxygen atoms in total. The normalized spacial score (nSPS) is 17.1. The lowest BCUT2D eigenvalue weighted by Gasteiger charge is -2.38. The quantitative estimate of drug-likeness (QED) is 0.185. The lowest BCUT2D eigenvalue weighted by atomic mass is 9.84. The summed E-state index contributed by atoms with van der Waals surface area (Å²) in [5.74, 6) is -5.76. The molecule has 32 heavy (non-hydrogen) atoms. The number of esters is 2. The summed E-state index contributed by atoms with van der Waals surface area (Å²) in [5.41, 5.74) is 1.43. The van der Waals surface area contributed by atoms with E-state index in [4.69, 9.17) is 4.43 Å². The van der Waals surface area contributed by atoms with Gasteiger partial charge in [-0.1, -0.05) is 26.8 Å². The molecule has 0 bridgehead atoms. The van der Waals surface area contributed by atoms with E-state index in [1.165, 1.54) is 12.1 Å². The Balaban J connectivity index is 2.50. The van der Waals surface area contributed by atoms with Crippen molar-refractivity contribution < 1.29 is 32.8 Å². The van der Waals surface area contributed by atoms with Crippen LogP contribution in [0.3, 0.4) is 0 Å². The van der Waals surface area contributed by atoms with E-state index in [0.29, 0.717) is 18.4 Å². The van der Waals surface area contributed by atoms with Crippen molar-refractivity contribution in [3.63, 3.8) is 0 Å². The fourth-order valence-corrected chi connectivity index (χ4v) is 5.08. The van der Waals surface area contributed by atoms with Crippen molar-refractivity contribution in [3.8, 4) is 0 Å². The van der Waals surface area contributed by atoms with Crippen LogP contribution in [0.15, 0.2) is 12.1 Å². The summed E-state index contributed by atoms with van der Waals surface area (Å²) in [6, 6.07) is 2.85. The summed E-state index contributed by atoms with van der Waals surface area (Å²) in [6.07, 6.45) is 1.01. The molecule has 0 aliphatic heterocycles. The van der Waals surface area contributed by atoms with Crippen molar-refractivity contribution in [2.45, 2.75) is 63.8 Å². The average Bonchev–Trinajstić information content (AvgIpc) is 3.06. The second kappa shape index (κ2) is 9.66. The van der Waals surface area contributed by atoms with Crippen molar-refractivity contribution in [1.82, 2.24) is 0 Å². The molecule has 2 rings (SSSR count). The summed E-state index contributed by atoms with van der Waals surface area (Å²) in [4.78, 5) is 35.2. The number of halogens is 1. The van der Waals surface area contributed by atoms with Gasteiger partial charge in [-0.3, -0.25) is 19.7 Å². The van der Waals surface area contributed by atoms with E-state index in [1.54, 1.807) is 0 Å². The molecule has 0 spiro atoms.